The van der Waals surface area contributed by atoms with Crippen LogP contribution in [0.2, 0.25) is 5.02 Å². The maximum atomic E-state index is 13.2. The van der Waals surface area contributed by atoms with Gasteiger partial charge < -0.3 is 9.30 Å². The number of hydrogen-bond acceptors (Lipinski definition) is 5. The molecule has 0 spiro atoms. The van der Waals surface area contributed by atoms with Crippen LogP contribution in [-0.4, -0.2) is 33.6 Å². The third kappa shape index (κ3) is 3.80. The van der Waals surface area contributed by atoms with Gasteiger partial charge in [0.05, 0.1) is 17.6 Å². The fourth-order valence-corrected chi connectivity index (χ4v) is 3.66. The number of aryl methyl sites for hydroxylation is 1. The molecule has 0 saturated heterocycles. The van der Waals surface area contributed by atoms with Crippen molar-refractivity contribution in [2.75, 3.05) is 13.7 Å². The van der Waals surface area contributed by atoms with E-state index in [0.29, 0.717) is 16.3 Å². The molecule has 9 heteroatoms. The minimum absolute atomic E-state index is 0.0792. The summed E-state index contributed by atoms with van der Waals surface area (Å²) in [6, 6.07) is 13.5. The second kappa shape index (κ2) is 8.75. The third-order valence-electron chi connectivity index (χ3n) is 5.02. The number of nitrogens with zero attached hydrogens (tertiary/aromatic N) is 5. The van der Waals surface area contributed by atoms with Crippen LogP contribution < -0.4 is 11.0 Å². The zero-order valence-electron chi connectivity index (χ0n) is 17.4. The van der Waals surface area contributed by atoms with Gasteiger partial charge in [0.1, 0.15) is 17.4 Å². The van der Waals surface area contributed by atoms with Crippen LogP contribution in [0, 0.1) is 18.3 Å². The Balaban J connectivity index is 2.11. The predicted molar refractivity (Wildman–Crippen MR) is 120 cm³/mol. The first-order valence-electron chi connectivity index (χ1n) is 9.74. The summed E-state index contributed by atoms with van der Waals surface area (Å²) in [6.45, 7) is 2.35. The van der Waals surface area contributed by atoms with Gasteiger partial charge >= 0.3 is 0 Å². The zero-order valence-corrected chi connectivity index (χ0v) is 18.1. The van der Waals surface area contributed by atoms with E-state index < -0.39 is 5.91 Å². The molecule has 1 amide bonds. The summed E-state index contributed by atoms with van der Waals surface area (Å²) in [7, 11) is 1.53. The second-order valence-corrected chi connectivity index (χ2v) is 7.54. The summed E-state index contributed by atoms with van der Waals surface area (Å²) in [4.78, 5) is 35.0. The molecule has 0 fully saturated rings. The van der Waals surface area contributed by atoms with Crippen LogP contribution in [-0.2, 0) is 11.3 Å². The van der Waals surface area contributed by atoms with Gasteiger partial charge in [-0.15, -0.1) is 0 Å². The van der Waals surface area contributed by atoms with Gasteiger partial charge in [-0.05, 0) is 42.8 Å². The van der Waals surface area contributed by atoms with E-state index in [2.05, 4.69) is 9.98 Å². The Morgan fingerprint density at radius 2 is 2.06 bits per heavy atom. The second-order valence-electron chi connectivity index (χ2n) is 7.10. The smallest absolute Gasteiger partial charge is 0.279 e. The van der Waals surface area contributed by atoms with Crippen molar-refractivity contribution in [2.45, 2.75) is 13.5 Å². The number of amides is 1. The Bertz CT molecular complexity index is 1550. The van der Waals surface area contributed by atoms with Gasteiger partial charge in [-0.25, -0.2) is 4.98 Å². The van der Waals surface area contributed by atoms with Crippen molar-refractivity contribution in [3.63, 3.8) is 0 Å². The van der Waals surface area contributed by atoms with Crippen LogP contribution in [0.5, 0.6) is 0 Å². The third-order valence-corrected chi connectivity index (χ3v) is 5.26. The van der Waals surface area contributed by atoms with Gasteiger partial charge in [-0.3, -0.25) is 14.0 Å². The van der Waals surface area contributed by atoms with E-state index >= 15 is 0 Å². The molecule has 0 atom stereocenters. The summed E-state index contributed by atoms with van der Waals surface area (Å²) in [5, 5.41) is 10.4. The Morgan fingerprint density at radius 3 is 2.78 bits per heavy atom. The summed E-state index contributed by atoms with van der Waals surface area (Å²) < 4.78 is 8.23. The first-order chi connectivity index (χ1) is 15.4. The number of halogens is 1. The fourth-order valence-electron chi connectivity index (χ4n) is 3.47. The highest BCUT2D eigenvalue weighted by molar-refractivity contribution is 6.31. The Labute approximate surface area is 187 Å². The lowest BCUT2D eigenvalue weighted by Gasteiger charge is -2.13. The summed E-state index contributed by atoms with van der Waals surface area (Å²) in [6.07, 6.45) is 1.63. The molecule has 0 aliphatic rings. The van der Waals surface area contributed by atoms with E-state index in [9.17, 15) is 14.9 Å². The molecule has 3 aromatic heterocycles. The number of fused-ring (bicyclic) bond motifs is 2. The van der Waals surface area contributed by atoms with E-state index in [4.69, 9.17) is 16.3 Å². The number of pyridine rings is 2. The molecular formula is C23H18ClN5O3. The highest BCUT2D eigenvalue weighted by atomic mass is 35.5. The molecule has 0 radical (unpaired) electrons. The monoisotopic (exact) mass is 447 g/mol. The van der Waals surface area contributed by atoms with E-state index in [1.165, 1.54) is 23.6 Å². The number of carbonyl (C=O) groups is 1. The molecule has 0 aliphatic heterocycles. The highest BCUT2D eigenvalue weighted by Crippen LogP contribution is 2.14. The molecule has 32 heavy (non-hydrogen) atoms. The number of rotatable bonds is 4. The van der Waals surface area contributed by atoms with Gasteiger partial charge in [0.25, 0.3) is 11.5 Å². The lowest BCUT2D eigenvalue weighted by molar-refractivity contribution is 0.0996. The number of ether oxygens (including phenoxy) is 1. The van der Waals surface area contributed by atoms with Crippen LogP contribution >= 0.6 is 11.6 Å². The number of benzene rings is 1. The molecule has 3 heterocycles. The van der Waals surface area contributed by atoms with Crippen LogP contribution in [0.25, 0.3) is 16.7 Å². The topological polar surface area (TPSA) is 102 Å². The van der Waals surface area contributed by atoms with Crippen LogP contribution in [0.4, 0.5) is 0 Å². The lowest BCUT2D eigenvalue weighted by Crippen LogP contribution is -2.30. The van der Waals surface area contributed by atoms with Crippen molar-refractivity contribution in [2.24, 2.45) is 4.99 Å². The van der Waals surface area contributed by atoms with Crippen molar-refractivity contribution in [3.8, 4) is 6.07 Å². The SMILES string of the molecule is COCCn1c(=NC(=O)c2cccc(Cl)c2)c(C#N)cc2c(=O)n3cccc(C)c3nc21. The minimum atomic E-state index is -0.566. The Morgan fingerprint density at radius 1 is 1.25 bits per heavy atom. The maximum Gasteiger partial charge on any atom is 0.279 e. The summed E-state index contributed by atoms with van der Waals surface area (Å²) in [5.74, 6) is -0.566. The molecule has 0 unspecified atom stereocenters. The number of carbonyl (C=O) groups excluding carboxylic acids is 1. The van der Waals surface area contributed by atoms with Crippen molar-refractivity contribution in [3.05, 3.63) is 86.2 Å². The molecule has 4 aromatic rings. The standard InChI is InChI=1S/C23H18ClN5O3/c1-14-5-4-8-29-19(14)26-21-18(23(29)31)12-16(13-25)20(28(21)9-10-32-2)27-22(30)15-6-3-7-17(24)11-15/h3-8,11-12H,9-10H2,1-2H3. The maximum absolute atomic E-state index is 13.2. The Kier molecular flexibility index (Phi) is 5.86. The first-order valence-corrected chi connectivity index (χ1v) is 10.1. The van der Waals surface area contributed by atoms with E-state index in [-0.39, 0.29) is 40.7 Å². The molecule has 1 aromatic carbocycles. The average molecular weight is 448 g/mol. The van der Waals surface area contributed by atoms with E-state index in [0.717, 1.165) is 5.56 Å². The highest BCUT2D eigenvalue weighted by Gasteiger charge is 2.16. The van der Waals surface area contributed by atoms with Gasteiger partial charge in [-0.2, -0.15) is 10.3 Å². The van der Waals surface area contributed by atoms with Gasteiger partial charge in [-0.1, -0.05) is 23.7 Å². The molecule has 4 rings (SSSR count). The number of aromatic nitrogens is 3. The zero-order chi connectivity index (χ0) is 22.8. The number of nitriles is 1. The van der Waals surface area contributed by atoms with Crippen molar-refractivity contribution >= 4 is 34.2 Å². The minimum Gasteiger partial charge on any atom is -0.383 e. The van der Waals surface area contributed by atoms with Gasteiger partial charge in [0, 0.05) is 30.4 Å². The average Bonchev–Trinajstić information content (AvgIpc) is 2.79. The van der Waals surface area contributed by atoms with Crippen LogP contribution in [0.15, 0.2) is 58.4 Å². The first kappa shape index (κ1) is 21.4. The fraction of sp³-hybridized carbons (Fsp3) is 0.174. The molecule has 160 valence electrons. The predicted octanol–water partition coefficient (Wildman–Crippen LogP) is 2.87. The molecule has 0 aliphatic carbocycles. The lowest BCUT2D eigenvalue weighted by atomic mass is 10.2. The summed E-state index contributed by atoms with van der Waals surface area (Å²) in [5.41, 5.74) is 1.75. The number of methoxy groups -OCH3 is 1. The molecule has 0 N–H and O–H groups in total. The quantitative estimate of drug-likeness (QED) is 0.447. The van der Waals surface area contributed by atoms with E-state index in [1.807, 2.05) is 19.1 Å². The molecule has 0 saturated carbocycles. The normalized spacial score (nSPS) is 11.8. The Hall–Kier alpha value is -3.80. The van der Waals surface area contributed by atoms with Crippen molar-refractivity contribution in [1.29, 1.82) is 5.26 Å². The molecular weight excluding hydrogens is 430 g/mol. The van der Waals surface area contributed by atoms with Crippen LogP contribution in [0.1, 0.15) is 21.5 Å². The van der Waals surface area contributed by atoms with E-state index in [1.54, 1.807) is 35.0 Å². The van der Waals surface area contributed by atoms with Gasteiger partial charge in [0.15, 0.2) is 5.49 Å². The number of hydrogen-bond donors (Lipinski definition) is 0. The van der Waals surface area contributed by atoms with Crippen molar-refractivity contribution < 1.29 is 9.53 Å². The summed E-state index contributed by atoms with van der Waals surface area (Å²) >= 11 is 6.00. The molecule has 0 bridgehead atoms. The van der Waals surface area contributed by atoms with Crippen LogP contribution in [0.3, 0.4) is 0 Å². The van der Waals surface area contributed by atoms with Crippen molar-refractivity contribution in [1.82, 2.24) is 14.0 Å². The van der Waals surface area contributed by atoms with Gasteiger partial charge in [0.2, 0.25) is 0 Å². The largest absolute Gasteiger partial charge is 0.383 e. The molecule has 8 nitrogen and oxygen atoms in total.